The van der Waals surface area contributed by atoms with Crippen molar-refractivity contribution in [1.29, 1.82) is 0 Å². The van der Waals surface area contributed by atoms with Gasteiger partial charge in [-0.3, -0.25) is 0 Å². The maximum absolute atomic E-state index is 10.1. The first-order chi connectivity index (χ1) is 8.88. The van der Waals surface area contributed by atoms with Gasteiger partial charge in [-0.05, 0) is 5.41 Å². The summed E-state index contributed by atoms with van der Waals surface area (Å²) in [5.74, 6) is 3.64. The van der Waals surface area contributed by atoms with Gasteiger partial charge in [-0.15, -0.1) is 11.8 Å². The number of nitrogens with zero attached hydrogens (tertiary/aromatic N) is 2. The van der Waals surface area contributed by atoms with Gasteiger partial charge in [-0.2, -0.15) is 16.7 Å². The maximum Gasteiger partial charge on any atom is 0.229 e. The van der Waals surface area contributed by atoms with Crippen LogP contribution >= 0.6 is 23.5 Å². The van der Waals surface area contributed by atoms with Gasteiger partial charge >= 0.3 is 0 Å². The standard InChI is InChI=1S/C13H22N2O2S2/c1-8-11(19-6-5-18-8)12-14-10(17-15-12)7-9(16)13(2,3)4/h8-9,11,16H,5-7H2,1-4H3. The van der Waals surface area contributed by atoms with E-state index in [-0.39, 0.29) is 5.41 Å². The summed E-state index contributed by atoms with van der Waals surface area (Å²) in [5, 5.41) is 15.0. The zero-order valence-electron chi connectivity index (χ0n) is 11.9. The number of hydrogen-bond donors (Lipinski definition) is 1. The second kappa shape index (κ2) is 6.06. The average molecular weight is 302 g/mol. The summed E-state index contributed by atoms with van der Waals surface area (Å²) in [6, 6.07) is 0. The molecule has 1 aliphatic heterocycles. The van der Waals surface area contributed by atoms with E-state index in [1.165, 1.54) is 5.75 Å². The summed E-state index contributed by atoms with van der Waals surface area (Å²) in [6.45, 7) is 8.22. The molecule has 0 aromatic carbocycles. The molecular weight excluding hydrogens is 280 g/mol. The minimum Gasteiger partial charge on any atom is -0.392 e. The predicted molar refractivity (Wildman–Crippen MR) is 80.6 cm³/mol. The first-order valence-electron chi connectivity index (χ1n) is 6.61. The molecule has 19 heavy (non-hydrogen) atoms. The van der Waals surface area contributed by atoms with Crippen molar-refractivity contribution in [1.82, 2.24) is 10.1 Å². The number of hydrogen-bond acceptors (Lipinski definition) is 6. The van der Waals surface area contributed by atoms with Gasteiger partial charge < -0.3 is 9.63 Å². The topological polar surface area (TPSA) is 59.2 Å². The maximum atomic E-state index is 10.1. The summed E-state index contributed by atoms with van der Waals surface area (Å²) in [4.78, 5) is 4.47. The van der Waals surface area contributed by atoms with Gasteiger partial charge in [-0.25, -0.2) is 0 Å². The van der Waals surface area contributed by atoms with E-state index >= 15 is 0 Å². The molecule has 1 aromatic rings. The number of aliphatic hydroxyl groups excluding tert-OH is 1. The molecule has 6 heteroatoms. The van der Waals surface area contributed by atoms with Crippen molar-refractivity contribution in [3.63, 3.8) is 0 Å². The van der Waals surface area contributed by atoms with Gasteiger partial charge in [0.1, 0.15) is 0 Å². The monoisotopic (exact) mass is 302 g/mol. The third-order valence-electron chi connectivity index (χ3n) is 3.29. The second-order valence-electron chi connectivity index (χ2n) is 6.00. The molecule has 1 fully saturated rings. The first-order valence-corrected chi connectivity index (χ1v) is 8.71. The zero-order chi connectivity index (χ0) is 14.0. The van der Waals surface area contributed by atoms with Gasteiger partial charge in [0.15, 0.2) is 5.82 Å². The lowest BCUT2D eigenvalue weighted by molar-refractivity contribution is 0.0565. The SMILES string of the molecule is CC1SCCSC1c1noc(CC(O)C(C)(C)C)n1. The molecule has 1 N–H and O–H groups in total. The van der Waals surface area contributed by atoms with E-state index in [0.717, 1.165) is 11.6 Å². The summed E-state index contributed by atoms with van der Waals surface area (Å²) < 4.78 is 5.29. The number of thioether (sulfide) groups is 2. The smallest absolute Gasteiger partial charge is 0.229 e. The Labute approximate surface area is 123 Å². The van der Waals surface area contributed by atoms with E-state index in [1.807, 2.05) is 44.3 Å². The summed E-state index contributed by atoms with van der Waals surface area (Å²) in [5.41, 5.74) is -0.169. The van der Waals surface area contributed by atoms with E-state index in [2.05, 4.69) is 17.1 Å². The minimum atomic E-state index is -0.466. The lowest BCUT2D eigenvalue weighted by Gasteiger charge is -2.25. The number of aliphatic hydroxyl groups is 1. The van der Waals surface area contributed by atoms with Crippen LogP contribution in [0.5, 0.6) is 0 Å². The molecule has 2 rings (SSSR count). The van der Waals surface area contributed by atoms with Crippen LogP contribution in [0.2, 0.25) is 0 Å². The first kappa shape index (κ1) is 15.2. The number of aromatic nitrogens is 2. The lowest BCUT2D eigenvalue weighted by Crippen LogP contribution is -2.28. The van der Waals surface area contributed by atoms with Crippen molar-refractivity contribution in [3.05, 3.63) is 11.7 Å². The average Bonchev–Trinajstić information content (AvgIpc) is 2.76. The Morgan fingerprint density at radius 1 is 1.37 bits per heavy atom. The highest BCUT2D eigenvalue weighted by atomic mass is 32.2. The van der Waals surface area contributed by atoms with E-state index in [0.29, 0.717) is 22.8 Å². The highest BCUT2D eigenvalue weighted by Crippen LogP contribution is 2.41. The molecular formula is C13H22N2O2S2. The van der Waals surface area contributed by atoms with Crippen LogP contribution in [0.1, 0.15) is 44.7 Å². The fourth-order valence-electron chi connectivity index (χ4n) is 1.85. The van der Waals surface area contributed by atoms with Crippen molar-refractivity contribution in [2.75, 3.05) is 11.5 Å². The van der Waals surface area contributed by atoms with Gasteiger partial charge in [0.25, 0.3) is 0 Å². The quantitative estimate of drug-likeness (QED) is 0.926. The van der Waals surface area contributed by atoms with Crippen molar-refractivity contribution in [2.24, 2.45) is 5.41 Å². The molecule has 3 unspecified atom stereocenters. The molecule has 0 spiro atoms. The molecule has 0 bridgehead atoms. The third-order valence-corrected chi connectivity index (χ3v) is 6.38. The van der Waals surface area contributed by atoms with Crippen molar-refractivity contribution in [3.8, 4) is 0 Å². The second-order valence-corrected chi connectivity index (χ2v) is 8.73. The van der Waals surface area contributed by atoms with Gasteiger partial charge in [0, 0.05) is 16.8 Å². The molecule has 108 valence electrons. The van der Waals surface area contributed by atoms with E-state index in [4.69, 9.17) is 4.52 Å². The molecule has 4 nitrogen and oxygen atoms in total. The summed E-state index contributed by atoms with van der Waals surface area (Å²) in [7, 11) is 0. The highest BCUT2D eigenvalue weighted by molar-refractivity contribution is 8.06. The van der Waals surface area contributed by atoms with Crippen LogP contribution in [0.15, 0.2) is 4.52 Å². The van der Waals surface area contributed by atoms with Crippen molar-refractivity contribution in [2.45, 2.75) is 50.7 Å². The Balaban J connectivity index is 2.02. The van der Waals surface area contributed by atoms with Crippen LogP contribution in [-0.4, -0.2) is 38.1 Å². The van der Waals surface area contributed by atoms with E-state index in [1.54, 1.807) is 0 Å². The number of rotatable bonds is 3. The molecule has 0 aliphatic carbocycles. The fourth-order valence-corrected chi connectivity index (χ4v) is 4.53. The minimum absolute atomic E-state index is 0.169. The van der Waals surface area contributed by atoms with Gasteiger partial charge in [-0.1, -0.05) is 32.9 Å². The summed E-state index contributed by atoms with van der Waals surface area (Å²) in [6.07, 6.45) is -0.0401. The molecule has 1 saturated heterocycles. The van der Waals surface area contributed by atoms with E-state index in [9.17, 15) is 5.11 Å². The van der Waals surface area contributed by atoms with Crippen LogP contribution in [0, 0.1) is 5.41 Å². The zero-order valence-corrected chi connectivity index (χ0v) is 13.6. The predicted octanol–water partition coefficient (Wildman–Crippen LogP) is 2.93. The molecule has 3 atom stereocenters. The molecule has 0 amide bonds. The molecule has 0 saturated carbocycles. The Hall–Kier alpha value is -0.200. The van der Waals surface area contributed by atoms with Gasteiger partial charge in [0.2, 0.25) is 5.89 Å². The Kier molecular flexibility index (Phi) is 4.84. The van der Waals surface area contributed by atoms with Crippen LogP contribution in [0.25, 0.3) is 0 Å². The normalized spacial score (nSPS) is 26.4. The fraction of sp³-hybridized carbons (Fsp3) is 0.846. The van der Waals surface area contributed by atoms with E-state index < -0.39 is 6.10 Å². The van der Waals surface area contributed by atoms with Crippen LogP contribution in [0.3, 0.4) is 0 Å². The Morgan fingerprint density at radius 2 is 2.05 bits per heavy atom. The lowest BCUT2D eigenvalue weighted by atomic mass is 9.87. The van der Waals surface area contributed by atoms with Crippen molar-refractivity contribution >= 4 is 23.5 Å². The van der Waals surface area contributed by atoms with Crippen molar-refractivity contribution < 1.29 is 9.63 Å². The van der Waals surface area contributed by atoms with Crippen LogP contribution in [-0.2, 0) is 6.42 Å². The molecule has 2 heterocycles. The largest absolute Gasteiger partial charge is 0.392 e. The highest BCUT2D eigenvalue weighted by Gasteiger charge is 2.30. The third kappa shape index (κ3) is 3.89. The van der Waals surface area contributed by atoms with Gasteiger partial charge in [0.05, 0.1) is 17.8 Å². The van der Waals surface area contributed by atoms with Crippen LogP contribution in [0.4, 0.5) is 0 Å². The molecule has 1 aromatic heterocycles. The van der Waals surface area contributed by atoms with Crippen LogP contribution < -0.4 is 0 Å². The molecule has 0 radical (unpaired) electrons. The molecule has 1 aliphatic rings. The summed E-state index contributed by atoms with van der Waals surface area (Å²) >= 11 is 3.85. The Bertz CT molecular complexity index is 417. The Morgan fingerprint density at radius 3 is 2.68 bits per heavy atom.